The summed E-state index contributed by atoms with van der Waals surface area (Å²) in [4.78, 5) is 22.1. The van der Waals surface area contributed by atoms with E-state index in [1.165, 1.54) is 0 Å². The van der Waals surface area contributed by atoms with Gasteiger partial charge in [0.25, 0.3) is 5.91 Å². The lowest BCUT2D eigenvalue weighted by atomic mass is 9.49. The summed E-state index contributed by atoms with van der Waals surface area (Å²) in [5.74, 6) is 0.552. The van der Waals surface area contributed by atoms with Crippen LogP contribution in [0.4, 0.5) is 5.69 Å². The Morgan fingerprint density at radius 3 is 2.91 bits per heavy atom. The second kappa shape index (κ2) is 5.32. The highest BCUT2D eigenvalue weighted by Crippen LogP contribution is 2.69. The van der Waals surface area contributed by atoms with Gasteiger partial charge >= 0.3 is 0 Å². The molecule has 3 aromatic rings. The molecule has 7 heteroatoms. The standard InChI is InChI=1S/C26H23N3O4/c1-28-9-8-25-19-12-6-7-16(30)22(19)33-23(25)20-14(11-26(25,32)17(28)10-12)21-18-13(24(31)29(21)2)4-3-5-15(18)27-20/h3-7,17,23,30,32H,8-11H2,1-2H3/t17-,23+,25+,26-/m1/s1. The Labute approximate surface area is 190 Å². The summed E-state index contributed by atoms with van der Waals surface area (Å²) < 4.78 is 6.57. The molecule has 33 heavy (non-hydrogen) atoms. The van der Waals surface area contributed by atoms with Crippen molar-refractivity contribution in [2.45, 2.75) is 42.4 Å². The summed E-state index contributed by atoms with van der Waals surface area (Å²) in [6, 6.07) is 9.26. The van der Waals surface area contributed by atoms with Crippen molar-refractivity contribution in [3.8, 4) is 11.5 Å². The molecule has 4 atom stereocenters. The fourth-order valence-electron chi connectivity index (χ4n) is 7.77. The smallest absolute Gasteiger partial charge is 0.258 e. The minimum absolute atomic E-state index is 0.0467. The molecule has 1 spiro atoms. The quantitative estimate of drug-likeness (QED) is 0.558. The molecule has 1 fully saturated rings. The highest BCUT2D eigenvalue weighted by molar-refractivity contribution is 6.25. The number of aromatic nitrogens is 1. The molecule has 1 saturated heterocycles. The molecule has 0 unspecified atom stereocenters. The molecule has 5 aliphatic rings. The van der Waals surface area contributed by atoms with Gasteiger partial charge in [0.15, 0.2) is 17.6 Å². The number of hydrogen-bond acceptors (Lipinski definition) is 6. The number of amides is 1. The third kappa shape index (κ3) is 1.72. The predicted octanol–water partition coefficient (Wildman–Crippen LogP) is 2.45. The van der Waals surface area contributed by atoms with E-state index in [2.05, 4.69) is 11.9 Å². The molecule has 2 aliphatic carbocycles. The molecule has 0 saturated carbocycles. The Kier molecular flexibility index (Phi) is 2.95. The van der Waals surface area contributed by atoms with Crippen LogP contribution >= 0.6 is 0 Å². The number of nitrogens with zero attached hydrogens (tertiary/aromatic N) is 3. The van der Waals surface area contributed by atoms with Gasteiger partial charge in [0, 0.05) is 36.0 Å². The van der Waals surface area contributed by atoms with Gasteiger partial charge in [-0.3, -0.25) is 4.79 Å². The van der Waals surface area contributed by atoms with E-state index in [4.69, 9.17) is 9.72 Å². The fourth-order valence-corrected chi connectivity index (χ4v) is 7.77. The number of phenolic OH excluding ortho intramolecular Hbond substituents is 1. The molecule has 8 rings (SSSR count). The lowest BCUT2D eigenvalue weighted by Gasteiger charge is -2.62. The SMILES string of the molecule is CN1C(=O)c2cccc3nc4c(c1c23)C[C@@]1(O)[C@H]2Cc3ccc(O)c5c3[C@@]1(CCN2C)[C@H]4O5. The summed E-state index contributed by atoms with van der Waals surface area (Å²) in [6.07, 6.45) is 1.29. The average Bonchev–Trinajstić information content (AvgIpc) is 3.28. The summed E-state index contributed by atoms with van der Waals surface area (Å²) in [5, 5.41) is 24.3. The van der Waals surface area contributed by atoms with Crippen molar-refractivity contribution in [1.29, 1.82) is 0 Å². The number of likely N-dealkylation sites (N-methyl/N-ethyl adjacent to an activating group) is 1. The maximum absolute atomic E-state index is 13.1. The summed E-state index contributed by atoms with van der Waals surface area (Å²) >= 11 is 0. The van der Waals surface area contributed by atoms with Crippen LogP contribution in [-0.2, 0) is 18.3 Å². The number of hydrogen-bond donors (Lipinski definition) is 2. The summed E-state index contributed by atoms with van der Waals surface area (Å²) in [7, 11) is 3.88. The molecule has 2 N–H and O–H groups in total. The van der Waals surface area contributed by atoms with Gasteiger partial charge in [-0.1, -0.05) is 12.1 Å². The monoisotopic (exact) mass is 441 g/mol. The van der Waals surface area contributed by atoms with E-state index in [0.29, 0.717) is 30.6 Å². The van der Waals surface area contributed by atoms with E-state index < -0.39 is 17.1 Å². The number of piperidine rings is 1. The van der Waals surface area contributed by atoms with Gasteiger partial charge in [0.1, 0.15) is 0 Å². The van der Waals surface area contributed by atoms with Crippen molar-refractivity contribution in [2.75, 3.05) is 25.5 Å². The molecule has 1 amide bonds. The number of likely N-dealkylation sites (tertiary alicyclic amines) is 1. The molecule has 4 heterocycles. The number of aliphatic hydroxyl groups is 1. The van der Waals surface area contributed by atoms with Gasteiger partial charge in [-0.05, 0) is 50.2 Å². The Balaban J connectivity index is 1.51. The molecule has 2 bridgehead atoms. The summed E-state index contributed by atoms with van der Waals surface area (Å²) in [5.41, 5.74) is 4.26. The Morgan fingerprint density at radius 1 is 1.21 bits per heavy atom. The van der Waals surface area contributed by atoms with Crippen LogP contribution in [0.2, 0.25) is 0 Å². The van der Waals surface area contributed by atoms with Gasteiger partial charge in [0.05, 0.1) is 33.5 Å². The summed E-state index contributed by atoms with van der Waals surface area (Å²) in [6.45, 7) is 0.833. The van der Waals surface area contributed by atoms with Gasteiger partial charge in [-0.25, -0.2) is 4.98 Å². The minimum Gasteiger partial charge on any atom is -0.504 e. The van der Waals surface area contributed by atoms with E-state index in [1.54, 1.807) is 18.0 Å². The number of carbonyl (C=O) groups excluding carboxylic acids is 1. The van der Waals surface area contributed by atoms with Crippen LogP contribution in [0, 0.1) is 0 Å². The van der Waals surface area contributed by atoms with E-state index in [1.807, 2.05) is 24.3 Å². The Bertz CT molecular complexity index is 1470. The van der Waals surface area contributed by atoms with E-state index in [9.17, 15) is 15.0 Å². The van der Waals surface area contributed by atoms with Crippen LogP contribution in [0.25, 0.3) is 10.9 Å². The first-order valence-electron chi connectivity index (χ1n) is 11.5. The minimum atomic E-state index is -1.10. The number of fused-ring (bicyclic) bond motifs is 3. The number of ether oxygens (including phenoxy) is 1. The topological polar surface area (TPSA) is 86.1 Å². The van der Waals surface area contributed by atoms with Crippen molar-refractivity contribution in [3.63, 3.8) is 0 Å². The average molecular weight is 441 g/mol. The number of phenols is 1. The first-order valence-corrected chi connectivity index (χ1v) is 11.5. The lowest BCUT2D eigenvalue weighted by Crippen LogP contribution is -2.74. The van der Waals surface area contributed by atoms with Crippen LogP contribution in [0.5, 0.6) is 11.5 Å². The second-order valence-electron chi connectivity index (χ2n) is 10.4. The maximum atomic E-state index is 13.1. The van der Waals surface area contributed by atoms with E-state index in [0.717, 1.165) is 45.5 Å². The van der Waals surface area contributed by atoms with Crippen molar-refractivity contribution in [2.24, 2.45) is 0 Å². The maximum Gasteiger partial charge on any atom is 0.258 e. The molecular weight excluding hydrogens is 418 g/mol. The number of benzene rings is 2. The number of pyridine rings is 1. The number of rotatable bonds is 0. The molecule has 3 aliphatic heterocycles. The highest BCUT2D eigenvalue weighted by atomic mass is 16.5. The second-order valence-corrected chi connectivity index (χ2v) is 10.4. The van der Waals surface area contributed by atoms with Crippen LogP contribution in [-0.4, -0.2) is 58.3 Å². The van der Waals surface area contributed by atoms with Gasteiger partial charge < -0.3 is 24.7 Å². The van der Waals surface area contributed by atoms with Gasteiger partial charge in [-0.15, -0.1) is 0 Å². The highest BCUT2D eigenvalue weighted by Gasteiger charge is 2.72. The van der Waals surface area contributed by atoms with E-state index in [-0.39, 0.29) is 17.7 Å². The lowest BCUT2D eigenvalue weighted by molar-refractivity contribution is -0.167. The Morgan fingerprint density at radius 2 is 2.06 bits per heavy atom. The van der Waals surface area contributed by atoms with Crippen molar-refractivity contribution in [1.82, 2.24) is 9.88 Å². The van der Waals surface area contributed by atoms with Crippen molar-refractivity contribution in [3.05, 3.63) is 58.3 Å². The molecule has 166 valence electrons. The fraction of sp³-hybridized carbons (Fsp3) is 0.385. The van der Waals surface area contributed by atoms with Crippen LogP contribution in [0.15, 0.2) is 30.3 Å². The van der Waals surface area contributed by atoms with Crippen LogP contribution < -0.4 is 9.64 Å². The number of aromatic hydroxyl groups is 1. The predicted molar refractivity (Wildman–Crippen MR) is 121 cm³/mol. The largest absolute Gasteiger partial charge is 0.504 e. The molecule has 2 aromatic carbocycles. The molecular formula is C26H23N3O4. The Hall–Kier alpha value is -3.16. The zero-order chi connectivity index (χ0) is 22.4. The molecule has 0 radical (unpaired) electrons. The normalized spacial score (nSPS) is 32.7. The molecule has 7 nitrogen and oxygen atoms in total. The molecule has 1 aromatic heterocycles. The zero-order valence-electron chi connectivity index (χ0n) is 18.4. The van der Waals surface area contributed by atoms with Crippen molar-refractivity contribution < 1.29 is 19.7 Å². The third-order valence-electron chi connectivity index (χ3n) is 9.16. The number of anilines is 1. The third-order valence-corrected chi connectivity index (χ3v) is 9.16. The first-order chi connectivity index (χ1) is 15.9. The van der Waals surface area contributed by atoms with Crippen LogP contribution in [0.1, 0.15) is 45.3 Å². The van der Waals surface area contributed by atoms with Gasteiger partial charge in [0.2, 0.25) is 0 Å². The van der Waals surface area contributed by atoms with Crippen molar-refractivity contribution >= 4 is 22.5 Å². The van der Waals surface area contributed by atoms with E-state index >= 15 is 0 Å². The zero-order valence-corrected chi connectivity index (χ0v) is 18.4. The number of carbonyl (C=O) groups is 1. The first kappa shape index (κ1) is 18.3. The van der Waals surface area contributed by atoms with Gasteiger partial charge in [-0.2, -0.15) is 0 Å². The van der Waals surface area contributed by atoms with Crippen LogP contribution in [0.3, 0.4) is 0 Å².